The average molecular weight is 197 g/mol. The van der Waals surface area contributed by atoms with Crippen LogP contribution in [0.5, 0.6) is 0 Å². The summed E-state index contributed by atoms with van der Waals surface area (Å²) in [5.74, 6) is -1.05. The van der Waals surface area contributed by atoms with Gasteiger partial charge in [-0.3, -0.25) is 0 Å². The zero-order valence-electron chi connectivity index (χ0n) is 7.80. The van der Waals surface area contributed by atoms with Crippen molar-refractivity contribution in [2.75, 3.05) is 7.11 Å². The monoisotopic (exact) mass is 197 g/mol. The molecule has 14 heavy (non-hydrogen) atoms. The Morgan fingerprint density at radius 1 is 1.71 bits per heavy atom. The number of carboxylic acid groups (broad SMARTS) is 1. The Hall–Kier alpha value is -1.43. The van der Waals surface area contributed by atoms with Crippen LogP contribution in [0.4, 0.5) is 0 Å². The molecule has 1 aliphatic rings. The molecular weight excluding hydrogens is 186 g/mol. The standard InChI is InChI=1S/C8H11N3O3/c1-14-4-6-7(8(12)13)9-10-11(6)5-2-3-5/h5H,2-4H2,1H3,(H,12,13). The summed E-state index contributed by atoms with van der Waals surface area (Å²) in [5.41, 5.74) is 0.557. The number of hydrogen-bond donors (Lipinski definition) is 1. The number of aromatic nitrogens is 3. The lowest BCUT2D eigenvalue weighted by Gasteiger charge is -2.03. The third-order valence-electron chi connectivity index (χ3n) is 2.17. The Morgan fingerprint density at radius 2 is 2.43 bits per heavy atom. The summed E-state index contributed by atoms with van der Waals surface area (Å²) >= 11 is 0. The van der Waals surface area contributed by atoms with Crippen LogP contribution in [0.25, 0.3) is 0 Å². The first-order chi connectivity index (χ1) is 6.74. The summed E-state index contributed by atoms with van der Waals surface area (Å²) in [6.07, 6.45) is 2.08. The van der Waals surface area contributed by atoms with Crippen LogP contribution in [0.15, 0.2) is 0 Å². The lowest BCUT2D eigenvalue weighted by atomic mass is 10.3. The molecule has 1 saturated carbocycles. The van der Waals surface area contributed by atoms with E-state index in [9.17, 15) is 4.79 Å². The van der Waals surface area contributed by atoms with Crippen molar-refractivity contribution in [2.24, 2.45) is 0 Å². The molecule has 0 aliphatic heterocycles. The van der Waals surface area contributed by atoms with Gasteiger partial charge in [-0.1, -0.05) is 5.21 Å². The summed E-state index contributed by atoms with van der Waals surface area (Å²) in [6.45, 7) is 0.241. The number of carbonyl (C=O) groups is 1. The van der Waals surface area contributed by atoms with Gasteiger partial charge in [0.2, 0.25) is 0 Å². The number of hydrogen-bond acceptors (Lipinski definition) is 4. The van der Waals surface area contributed by atoms with Gasteiger partial charge in [0, 0.05) is 7.11 Å². The number of aromatic carboxylic acids is 1. The van der Waals surface area contributed by atoms with Gasteiger partial charge in [-0.05, 0) is 12.8 Å². The highest BCUT2D eigenvalue weighted by Crippen LogP contribution is 2.35. The third kappa shape index (κ3) is 1.48. The second kappa shape index (κ2) is 3.38. The van der Waals surface area contributed by atoms with Crippen molar-refractivity contribution in [3.05, 3.63) is 11.4 Å². The Balaban J connectivity index is 2.35. The molecule has 0 amide bonds. The lowest BCUT2D eigenvalue weighted by molar-refractivity contribution is 0.0684. The molecule has 0 unspecified atom stereocenters. The molecule has 6 heteroatoms. The first kappa shape index (κ1) is 9.14. The van der Waals surface area contributed by atoms with Crippen LogP contribution in [-0.4, -0.2) is 33.2 Å². The first-order valence-corrected chi connectivity index (χ1v) is 4.40. The molecule has 1 aromatic rings. The highest BCUT2D eigenvalue weighted by Gasteiger charge is 2.30. The van der Waals surface area contributed by atoms with E-state index in [4.69, 9.17) is 9.84 Å². The van der Waals surface area contributed by atoms with E-state index in [2.05, 4.69) is 10.3 Å². The summed E-state index contributed by atoms with van der Waals surface area (Å²) in [6, 6.07) is 0.320. The lowest BCUT2D eigenvalue weighted by Crippen LogP contribution is -2.08. The van der Waals surface area contributed by atoms with Gasteiger partial charge in [-0.2, -0.15) is 0 Å². The van der Waals surface area contributed by atoms with Gasteiger partial charge in [-0.15, -0.1) is 5.10 Å². The Kier molecular flexibility index (Phi) is 2.20. The summed E-state index contributed by atoms with van der Waals surface area (Å²) < 4.78 is 6.59. The van der Waals surface area contributed by atoms with E-state index in [-0.39, 0.29) is 12.3 Å². The molecule has 0 radical (unpaired) electrons. The Labute approximate surface area is 80.5 Å². The van der Waals surface area contributed by atoms with E-state index >= 15 is 0 Å². The molecule has 6 nitrogen and oxygen atoms in total. The minimum Gasteiger partial charge on any atom is -0.476 e. The predicted octanol–water partition coefficient (Wildman–Crippen LogP) is 0.458. The van der Waals surface area contributed by atoms with Crippen molar-refractivity contribution in [3.63, 3.8) is 0 Å². The molecule has 1 heterocycles. The molecule has 0 saturated heterocycles. The summed E-state index contributed by atoms with van der Waals surface area (Å²) in [5, 5.41) is 16.3. The van der Waals surface area contributed by atoms with Gasteiger partial charge in [0.1, 0.15) is 0 Å². The van der Waals surface area contributed by atoms with Crippen molar-refractivity contribution in [1.29, 1.82) is 0 Å². The SMILES string of the molecule is COCc1c(C(=O)O)nnn1C1CC1. The number of rotatable bonds is 4. The molecule has 1 N–H and O–H groups in total. The quantitative estimate of drug-likeness (QED) is 0.758. The number of carboxylic acids is 1. The number of methoxy groups -OCH3 is 1. The van der Waals surface area contributed by atoms with Crippen molar-refractivity contribution in [1.82, 2.24) is 15.0 Å². The molecule has 0 bridgehead atoms. The predicted molar refractivity (Wildman–Crippen MR) is 46.0 cm³/mol. The summed E-state index contributed by atoms with van der Waals surface area (Å²) in [4.78, 5) is 10.8. The molecule has 1 aromatic heterocycles. The van der Waals surface area contributed by atoms with Crippen LogP contribution < -0.4 is 0 Å². The second-order valence-corrected chi connectivity index (χ2v) is 3.30. The minimum atomic E-state index is -1.05. The molecule has 2 rings (SSSR count). The van der Waals surface area contributed by atoms with Crippen LogP contribution in [0.2, 0.25) is 0 Å². The molecule has 76 valence electrons. The van der Waals surface area contributed by atoms with Crippen LogP contribution in [-0.2, 0) is 11.3 Å². The number of nitrogens with zero attached hydrogens (tertiary/aromatic N) is 3. The molecule has 1 aliphatic carbocycles. The smallest absolute Gasteiger partial charge is 0.358 e. The Morgan fingerprint density at radius 3 is 2.93 bits per heavy atom. The van der Waals surface area contributed by atoms with Gasteiger partial charge in [0.05, 0.1) is 18.3 Å². The maximum Gasteiger partial charge on any atom is 0.358 e. The van der Waals surface area contributed by atoms with E-state index in [0.717, 1.165) is 12.8 Å². The van der Waals surface area contributed by atoms with E-state index in [1.54, 1.807) is 4.68 Å². The fourth-order valence-corrected chi connectivity index (χ4v) is 1.36. The maximum absolute atomic E-state index is 10.8. The molecular formula is C8H11N3O3. The van der Waals surface area contributed by atoms with E-state index < -0.39 is 5.97 Å². The van der Waals surface area contributed by atoms with E-state index in [1.807, 2.05) is 0 Å². The van der Waals surface area contributed by atoms with Crippen LogP contribution in [0, 0.1) is 0 Å². The molecule has 1 fully saturated rings. The van der Waals surface area contributed by atoms with Crippen LogP contribution >= 0.6 is 0 Å². The topological polar surface area (TPSA) is 77.2 Å². The Bertz CT molecular complexity index is 357. The summed E-state index contributed by atoms with van der Waals surface area (Å²) in [7, 11) is 1.52. The number of ether oxygens (including phenoxy) is 1. The molecule has 0 aromatic carbocycles. The van der Waals surface area contributed by atoms with Gasteiger partial charge < -0.3 is 9.84 Å². The van der Waals surface area contributed by atoms with Crippen molar-refractivity contribution < 1.29 is 14.6 Å². The van der Waals surface area contributed by atoms with Gasteiger partial charge in [0.25, 0.3) is 0 Å². The van der Waals surface area contributed by atoms with Crippen molar-refractivity contribution in [2.45, 2.75) is 25.5 Å². The van der Waals surface area contributed by atoms with E-state index in [0.29, 0.717) is 11.7 Å². The highest BCUT2D eigenvalue weighted by atomic mass is 16.5. The first-order valence-electron chi connectivity index (χ1n) is 4.40. The zero-order chi connectivity index (χ0) is 10.1. The van der Waals surface area contributed by atoms with Crippen LogP contribution in [0.1, 0.15) is 35.1 Å². The van der Waals surface area contributed by atoms with Gasteiger partial charge in [-0.25, -0.2) is 9.48 Å². The maximum atomic E-state index is 10.8. The second-order valence-electron chi connectivity index (χ2n) is 3.30. The normalized spacial score (nSPS) is 15.8. The highest BCUT2D eigenvalue weighted by molar-refractivity contribution is 5.86. The zero-order valence-corrected chi connectivity index (χ0v) is 7.80. The van der Waals surface area contributed by atoms with Gasteiger partial charge in [0.15, 0.2) is 5.69 Å². The fourth-order valence-electron chi connectivity index (χ4n) is 1.36. The fraction of sp³-hybridized carbons (Fsp3) is 0.625. The average Bonchev–Trinajstić information content (AvgIpc) is 2.89. The van der Waals surface area contributed by atoms with E-state index in [1.165, 1.54) is 7.11 Å². The van der Waals surface area contributed by atoms with Gasteiger partial charge >= 0.3 is 5.97 Å². The minimum absolute atomic E-state index is 0.00116. The molecule has 0 spiro atoms. The van der Waals surface area contributed by atoms with Crippen molar-refractivity contribution in [3.8, 4) is 0 Å². The van der Waals surface area contributed by atoms with Crippen molar-refractivity contribution >= 4 is 5.97 Å². The molecule has 0 atom stereocenters. The van der Waals surface area contributed by atoms with Crippen LogP contribution in [0.3, 0.4) is 0 Å². The largest absolute Gasteiger partial charge is 0.476 e. The third-order valence-corrected chi connectivity index (χ3v) is 2.17.